The summed E-state index contributed by atoms with van der Waals surface area (Å²) in [7, 11) is 3.46. The molecule has 25 heavy (non-hydrogen) atoms. The standard InChI is InChI=1S/C19H25N3O2S/c1-13(2)19-20-14(3)10-17(21-19)25-12-18(23)22(4)11-15-6-8-16(24-5)9-7-15/h6-10,13H,11-12H2,1-5H3. The van der Waals surface area contributed by atoms with Gasteiger partial charge in [-0.1, -0.05) is 37.7 Å². The molecule has 1 heterocycles. The average molecular weight is 359 g/mol. The summed E-state index contributed by atoms with van der Waals surface area (Å²) in [5, 5.41) is 0.849. The second-order valence-electron chi connectivity index (χ2n) is 6.25. The second-order valence-corrected chi connectivity index (χ2v) is 7.24. The van der Waals surface area contributed by atoms with Gasteiger partial charge in [0, 0.05) is 25.2 Å². The molecule has 0 fully saturated rings. The van der Waals surface area contributed by atoms with Crippen LogP contribution < -0.4 is 4.74 Å². The maximum absolute atomic E-state index is 12.4. The molecule has 5 nitrogen and oxygen atoms in total. The Bertz CT molecular complexity index is 717. The lowest BCUT2D eigenvalue weighted by Crippen LogP contribution is -2.27. The van der Waals surface area contributed by atoms with Crippen molar-refractivity contribution in [2.75, 3.05) is 19.9 Å². The minimum atomic E-state index is 0.0724. The predicted octanol–water partition coefficient (Wildman–Crippen LogP) is 3.67. The first kappa shape index (κ1) is 19.2. The van der Waals surface area contributed by atoms with E-state index in [2.05, 4.69) is 23.8 Å². The van der Waals surface area contributed by atoms with Crippen molar-refractivity contribution in [2.45, 2.75) is 38.3 Å². The largest absolute Gasteiger partial charge is 0.497 e. The normalized spacial score (nSPS) is 10.8. The van der Waals surface area contributed by atoms with Gasteiger partial charge in [0.05, 0.1) is 12.9 Å². The highest BCUT2D eigenvalue weighted by atomic mass is 32.2. The molecule has 6 heteroatoms. The highest BCUT2D eigenvalue weighted by molar-refractivity contribution is 7.99. The lowest BCUT2D eigenvalue weighted by atomic mass is 10.2. The molecule has 0 bridgehead atoms. The zero-order valence-corrected chi connectivity index (χ0v) is 16.3. The van der Waals surface area contributed by atoms with Gasteiger partial charge in [-0.15, -0.1) is 0 Å². The van der Waals surface area contributed by atoms with Crippen LogP contribution in [0.2, 0.25) is 0 Å². The summed E-state index contributed by atoms with van der Waals surface area (Å²) in [6.07, 6.45) is 0. The molecule has 2 rings (SSSR count). The van der Waals surface area contributed by atoms with Crippen LogP contribution in [0.3, 0.4) is 0 Å². The Morgan fingerprint density at radius 2 is 1.92 bits per heavy atom. The lowest BCUT2D eigenvalue weighted by molar-refractivity contribution is -0.127. The maximum Gasteiger partial charge on any atom is 0.233 e. The molecule has 0 aliphatic heterocycles. The van der Waals surface area contributed by atoms with Crippen LogP contribution in [-0.4, -0.2) is 40.7 Å². The van der Waals surface area contributed by atoms with E-state index in [4.69, 9.17) is 4.74 Å². The van der Waals surface area contributed by atoms with Crippen LogP contribution in [0, 0.1) is 6.92 Å². The van der Waals surface area contributed by atoms with Crippen LogP contribution in [0.5, 0.6) is 5.75 Å². The van der Waals surface area contributed by atoms with E-state index in [0.29, 0.717) is 12.3 Å². The highest BCUT2D eigenvalue weighted by Crippen LogP contribution is 2.20. The van der Waals surface area contributed by atoms with Crippen molar-refractivity contribution in [1.29, 1.82) is 0 Å². The first-order valence-corrected chi connectivity index (χ1v) is 9.23. The number of thioether (sulfide) groups is 1. The van der Waals surface area contributed by atoms with Crippen LogP contribution in [0.1, 0.15) is 36.8 Å². The zero-order valence-electron chi connectivity index (χ0n) is 15.4. The van der Waals surface area contributed by atoms with E-state index >= 15 is 0 Å². The number of hydrogen-bond donors (Lipinski definition) is 0. The number of carbonyl (C=O) groups excluding carboxylic acids is 1. The molecule has 0 atom stereocenters. The molecule has 0 saturated carbocycles. The number of rotatable bonds is 7. The van der Waals surface area contributed by atoms with E-state index in [1.54, 1.807) is 12.0 Å². The van der Waals surface area contributed by atoms with Gasteiger partial charge < -0.3 is 9.64 Å². The molecule has 1 amide bonds. The second kappa shape index (κ2) is 8.85. The number of carbonyl (C=O) groups is 1. The van der Waals surface area contributed by atoms with E-state index in [-0.39, 0.29) is 11.8 Å². The molecule has 0 aliphatic carbocycles. The average Bonchev–Trinajstić information content (AvgIpc) is 2.59. The third kappa shape index (κ3) is 5.74. The summed E-state index contributed by atoms with van der Waals surface area (Å²) in [6, 6.07) is 9.67. The van der Waals surface area contributed by atoms with E-state index < -0.39 is 0 Å². The molecular weight excluding hydrogens is 334 g/mol. The summed E-state index contributed by atoms with van der Waals surface area (Å²) in [5.41, 5.74) is 2.00. The smallest absolute Gasteiger partial charge is 0.233 e. The molecule has 2 aromatic rings. The fourth-order valence-electron chi connectivity index (χ4n) is 2.23. The quantitative estimate of drug-likeness (QED) is 0.558. The summed E-state index contributed by atoms with van der Waals surface area (Å²) in [5.74, 6) is 2.34. The van der Waals surface area contributed by atoms with Crippen molar-refractivity contribution in [2.24, 2.45) is 0 Å². The highest BCUT2D eigenvalue weighted by Gasteiger charge is 2.12. The monoisotopic (exact) mass is 359 g/mol. The van der Waals surface area contributed by atoms with Crippen molar-refractivity contribution in [3.63, 3.8) is 0 Å². The molecule has 0 unspecified atom stereocenters. The summed E-state index contributed by atoms with van der Waals surface area (Å²) in [6.45, 7) is 6.66. The summed E-state index contributed by atoms with van der Waals surface area (Å²) in [4.78, 5) is 23.1. The number of amides is 1. The Balaban J connectivity index is 1.92. The first-order chi connectivity index (χ1) is 11.9. The van der Waals surface area contributed by atoms with Crippen LogP contribution in [0.15, 0.2) is 35.4 Å². The molecule has 0 spiro atoms. The molecule has 0 N–H and O–H groups in total. The number of aryl methyl sites for hydroxylation is 1. The van der Waals surface area contributed by atoms with Crippen molar-refractivity contribution < 1.29 is 9.53 Å². The van der Waals surface area contributed by atoms with Crippen molar-refractivity contribution >= 4 is 17.7 Å². The zero-order chi connectivity index (χ0) is 18.4. The Morgan fingerprint density at radius 3 is 2.52 bits per heavy atom. The third-order valence-corrected chi connectivity index (χ3v) is 4.61. The Morgan fingerprint density at radius 1 is 1.24 bits per heavy atom. The predicted molar refractivity (Wildman–Crippen MR) is 101 cm³/mol. The minimum absolute atomic E-state index is 0.0724. The molecule has 1 aromatic heterocycles. The summed E-state index contributed by atoms with van der Waals surface area (Å²) < 4.78 is 5.15. The molecule has 0 radical (unpaired) electrons. The molecule has 134 valence electrons. The van der Waals surface area contributed by atoms with Crippen LogP contribution >= 0.6 is 11.8 Å². The van der Waals surface area contributed by atoms with Gasteiger partial charge >= 0.3 is 0 Å². The molecule has 0 saturated heterocycles. The van der Waals surface area contributed by atoms with Crippen LogP contribution in [-0.2, 0) is 11.3 Å². The van der Waals surface area contributed by atoms with Crippen molar-refractivity contribution in [1.82, 2.24) is 14.9 Å². The first-order valence-electron chi connectivity index (χ1n) is 8.24. The number of hydrogen-bond acceptors (Lipinski definition) is 5. The number of benzene rings is 1. The van der Waals surface area contributed by atoms with Gasteiger partial charge in [0.1, 0.15) is 16.6 Å². The third-order valence-electron chi connectivity index (χ3n) is 3.71. The Hall–Kier alpha value is -2.08. The topological polar surface area (TPSA) is 55.3 Å². The van der Waals surface area contributed by atoms with Crippen molar-refractivity contribution in [3.05, 3.63) is 47.4 Å². The number of aromatic nitrogens is 2. The van der Waals surface area contributed by atoms with Gasteiger partial charge in [-0.3, -0.25) is 4.79 Å². The van der Waals surface area contributed by atoms with Crippen LogP contribution in [0.4, 0.5) is 0 Å². The lowest BCUT2D eigenvalue weighted by Gasteiger charge is -2.17. The molecule has 1 aromatic carbocycles. The fourth-order valence-corrected chi connectivity index (χ4v) is 3.14. The number of methoxy groups -OCH3 is 1. The fraction of sp³-hybridized carbons (Fsp3) is 0.421. The van der Waals surface area contributed by atoms with Crippen molar-refractivity contribution in [3.8, 4) is 5.75 Å². The Kier molecular flexibility index (Phi) is 6.82. The van der Waals surface area contributed by atoms with Gasteiger partial charge in [0.2, 0.25) is 5.91 Å². The molecular formula is C19H25N3O2S. The van der Waals surface area contributed by atoms with E-state index in [9.17, 15) is 4.79 Å². The number of ether oxygens (including phenoxy) is 1. The van der Waals surface area contributed by atoms with Gasteiger partial charge in [-0.05, 0) is 30.7 Å². The SMILES string of the molecule is COc1ccc(CN(C)C(=O)CSc2cc(C)nc(C(C)C)n2)cc1. The molecule has 0 aliphatic rings. The number of nitrogens with zero attached hydrogens (tertiary/aromatic N) is 3. The van der Waals surface area contributed by atoms with Gasteiger partial charge in [-0.25, -0.2) is 9.97 Å². The Labute approximate surface area is 153 Å². The van der Waals surface area contributed by atoms with Crippen LogP contribution in [0.25, 0.3) is 0 Å². The van der Waals surface area contributed by atoms with Gasteiger partial charge in [-0.2, -0.15) is 0 Å². The van der Waals surface area contributed by atoms with Gasteiger partial charge in [0.25, 0.3) is 0 Å². The maximum atomic E-state index is 12.4. The van der Waals surface area contributed by atoms with E-state index in [1.165, 1.54) is 11.8 Å². The van der Waals surface area contributed by atoms with E-state index in [0.717, 1.165) is 27.9 Å². The van der Waals surface area contributed by atoms with Gasteiger partial charge in [0.15, 0.2) is 0 Å². The summed E-state index contributed by atoms with van der Waals surface area (Å²) >= 11 is 1.46. The van der Waals surface area contributed by atoms with E-state index in [1.807, 2.05) is 44.3 Å². The minimum Gasteiger partial charge on any atom is -0.497 e.